The Labute approximate surface area is 79.6 Å². The number of hydrogen-bond donors (Lipinski definition) is 1. The first-order chi connectivity index (χ1) is 5.13. The van der Waals surface area contributed by atoms with Crippen LogP contribution in [0.2, 0.25) is 0 Å². The Balaban J connectivity index is 2.62. The van der Waals surface area contributed by atoms with Crippen LogP contribution >= 0.6 is 24.8 Å². The second-order valence-corrected chi connectivity index (χ2v) is 4.43. The summed E-state index contributed by atoms with van der Waals surface area (Å²) < 4.78 is 0.754. The molecule has 0 N–H and O–H groups in total. The van der Waals surface area contributed by atoms with E-state index in [9.17, 15) is 0 Å². The van der Waals surface area contributed by atoms with Crippen molar-refractivity contribution in [1.82, 2.24) is 4.90 Å². The number of thiol groups is 1. The van der Waals surface area contributed by atoms with Crippen molar-refractivity contribution in [2.45, 2.75) is 45.2 Å². The molecule has 11 heavy (non-hydrogen) atoms. The third kappa shape index (κ3) is 2.09. The Morgan fingerprint density at radius 3 is 2.09 bits per heavy atom. The summed E-state index contributed by atoms with van der Waals surface area (Å²) in [5, 5.41) is 0. The van der Waals surface area contributed by atoms with Crippen LogP contribution in [0.5, 0.6) is 0 Å². The van der Waals surface area contributed by atoms with Gasteiger partial charge in [-0.3, -0.25) is 0 Å². The zero-order valence-electron chi connectivity index (χ0n) is 7.08. The van der Waals surface area contributed by atoms with E-state index in [0.717, 1.165) is 4.32 Å². The van der Waals surface area contributed by atoms with Gasteiger partial charge in [-0.1, -0.05) is 12.2 Å². The molecule has 1 fully saturated rings. The third-order valence-corrected chi connectivity index (χ3v) is 2.86. The van der Waals surface area contributed by atoms with Gasteiger partial charge >= 0.3 is 0 Å². The summed E-state index contributed by atoms with van der Waals surface area (Å²) in [7, 11) is 0. The maximum absolute atomic E-state index is 5.06. The smallest absolute Gasteiger partial charge is 0.133 e. The fraction of sp³-hybridized carbons (Fsp3) is 0.875. The Hall–Kier alpha value is 0.240. The van der Waals surface area contributed by atoms with Crippen molar-refractivity contribution < 1.29 is 0 Å². The molecule has 0 spiro atoms. The number of piperidine rings is 1. The molecule has 2 atom stereocenters. The Morgan fingerprint density at radius 1 is 1.36 bits per heavy atom. The second kappa shape index (κ2) is 3.76. The standard InChI is InChI=1S/C8H15NS2/c1-6-4-3-5-7(2)9(6)8(10)11/h6-7H,3-5H2,1-2H3,(H,10,11). The van der Waals surface area contributed by atoms with Crippen molar-refractivity contribution in [3.63, 3.8) is 0 Å². The van der Waals surface area contributed by atoms with Gasteiger partial charge in [-0.2, -0.15) is 0 Å². The van der Waals surface area contributed by atoms with E-state index >= 15 is 0 Å². The van der Waals surface area contributed by atoms with Crippen molar-refractivity contribution in [3.05, 3.63) is 0 Å². The predicted octanol–water partition coefficient (Wildman–Crippen LogP) is 2.46. The third-order valence-electron chi connectivity index (χ3n) is 2.41. The Bertz CT molecular complexity index is 148. The zero-order chi connectivity index (χ0) is 8.43. The highest BCUT2D eigenvalue weighted by molar-refractivity contribution is 8.10. The second-order valence-electron chi connectivity index (χ2n) is 3.32. The van der Waals surface area contributed by atoms with Gasteiger partial charge in [0.05, 0.1) is 0 Å². The number of nitrogens with zero attached hydrogens (tertiary/aromatic N) is 1. The predicted molar refractivity (Wildman–Crippen MR) is 56.2 cm³/mol. The Morgan fingerprint density at radius 2 is 1.82 bits per heavy atom. The highest BCUT2D eigenvalue weighted by Gasteiger charge is 2.24. The minimum Gasteiger partial charge on any atom is -0.352 e. The van der Waals surface area contributed by atoms with Gasteiger partial charge in [0.15, 0.2) is 0 Å². The summed E-state index contributed by atoms with van der Waals surface area (Å²) in [6.07, 6.45) is 3.84. The minimum absolute atomic E-state index is 0.587. The molecule has 1 aliphatic rings. The van der Waals surface area contributed by atoms with Crippen LogP contribution in [0.3, 0.4) is 0 Å². The van der Waals surface area contributed by atoms with Crippen molar-refractivity contribution in [2.75, 3.05) is 0 Å². The molecule has 1 nitrogen and oxygen atoms in total. The van der Waals surface area contributed by atoms with E-state index in [-0.39, 0.29) is 0 Å². The monoisotopic (exact) mass is 189 g/mol. The van der Waals surface area contributed by atoms with Crippen LogP contribution in [0.15, 0.2) is 0 Å². The van der Waals surface area contributed by atoms with E-state index in [1.54, 1.807) is 0 Å². The molecule has 0 aliphatic carbocycles. The van der Waals surface area contributed by atoms with Gasteiger partial charge in [-0.25, -0.2) is 0 Å². The van der Waals surface area contributed by atoms with Crippen LogP contribution < -0.4 is 0 Å². The average molecular weight is 189 g/mol. The van der Waals surface area contributed by atoms with Crippen LogP contribution in [0, 0.1) is 0 Å². The fourth-order valence-electron chi connectivity index (χ4n) is 1.80. The van der Waals surface area contributed by atoms with Crippen LogP contribution in [0.25, 0.3) is 0 Å². The molecule has 3 heteroatoms. The molecular weight excluding hydrogens is 174 g/mol. The molecule has 0 aromatic carbocycles. The molecule has 1 aliphatic heterocycles. The number of rotatable bonds is 0. The molecule has 0 radical (unpaired) electrons. The van der Waals surface area contributed by atoms with Crippen molar-refractivity contribution >= 4 is 29.2 Å². The highest BCUT2D eigenvalue weighted by Crippen LogP contribution is 2.23. The maximum atomic E-state index is 5.06. The molecular formula is C8H15NS2. The SMILES string of the molecule is CC1CCCC(C)N1C(=S)S. The lowest BCUT2D eigenvalue weighted by molar-refractivity contribution is 0.199. The van der Waals surface area contributed by atoms with Crippen LogP contribution in [-0.2, 0) is 0 Å². The first kappa shape index (κ1) is 9.33. The van der Waals surface area contributed by atoms with Gasteiger partial charge in [0.2, 0.25) is 0 Å². The topological polar surface area (TPSA) is 3.24 Å². The molecule has 0 aromatic heterocycles. The zero-order valence-corrected chi connectivity index (χ0v) is 8.79. The van der Waals surface area contributed by atoms with E-state index in [2.05, 4.69) is 31.4 Å². The normalized spacial score (nSPS) is 32.1. The number of thiocarbonyl (C=S) groups is 1. The van der Waals surface area contributed by atoms with E-state index in [1.165, 1.54) is 19.3 Å². The van der Waals surface area contributed by atoms with Gasteiger partial charge in [0.25, 0.3) is 0 Å². The van der Waals surface area contributed by atoms with Crippen LogP contribution in [0.4, 0.5) is 0 Å². The fourth-order valence-corrected chi connectivity index (χ4v) is 2.55. The van der Waals surface area contributed by atoms with Crippen molar-refractivity contribution in [1.29, 1.82) is 0 Å². The van der Waals surface area contributed by atoms with Gasteiger partial charge in [-0.05, 0) is 33.1 Å². The molecule has 0 bridgehead atoms. The Kier molecular flexibility index (Phi) is 3.19. The summed E-state index contributed by atoms with van der Waals surface area (Å²) >= 11 is 9.28. The summed E-state index contributed by atoms with van der Waals surface area (Å²) in [6, 6.07) is 1.17. The first-order valence-corrected chi connectivity index (χ1v) is 4.99. The number of likely N-dealkylation sites (tertiary alicyclic amines) is 1. The molecule has 0 aromatic rings. The van der Waals surface area contributed by atoms with Crippen LogP contribution in [0.1, 0.15) is 33.1 Å². The highest BCUT2D eigenvalue weighted by atomic mass is 32.1. The van der Waals surface area contributed by atoms with E-state index < -0.39 is 0 Å². The molecule has 1 heterocycles. The summed E-state index contributed by atoms with van der Waals surface area (Å²) in [6.45, 7) is 4.44. The van der Waals surface area contributed by atoms with E-state index in [4.69, 9.17) is 12.2 Å². The quantitative estimate of drug-likeness (QED) is 0.460. The molecule has 0 amide bonds. The van der Waals surface area contributed by atoms with Gasteiger partial charge < -0.3 is 4.90 Å². The lowest BCUT2D eigenvalue weighted by Crippen LogP contribution is -2.44. The summed E-state index contributed by atoms with van der Waals surface area (Å²) in [5.74, 6) is 0. The molecule has 64 valence electrons. The number of hydrogen-bond acceptors (Lipinski definition) is 1. The lowest BCUT2D eigenvalue weighted by Gasteiger charge is -2.39. The lowest BCUT2D eigenvalue weighted by atomic mass is 9.99. The summed E-state index contributed by atoms with van der Waals surface area (Å²) in [5.41, 5.74) is 0. The average Bonchev–Trinajstić information content (AvgIpc) is 1.85. The van der Waals surface area contributed by atoms with Gasteiger partial charge in [0.1, 0.15) is 4.32 Å². The summed E-state index contributed by atoms with van der Waals surface area (Å²) in [4.78, 5) is 2.24. The maximum Gasteiger partial charge on any atom is 0.133 e. The van der Waals surface area contributed by atoms with Gasteiger partial charge in [-0.15, -0.1) is 12.6 Å². The van der Waals surface area contributed by atoms with E-state index in [0.29, 0.717) is 12.1 Å². The van der Waals surface area contributed by atoms with Crippen LogP contribution in [-0.4, -0.2) is 21.3 Å². The molecule has 2 unspecified atom stereocenters. The first-order valence-electron chi connectivity index (χ1n) is 4.14. The van der Waals surface area contributed by atoms with Gasteiger partial charge in [0, 0.05) is 12.1 Å². The minimum atomic E-state index is 0.587. The molecule has 1 rings (SSSR count). The van der Waals surface area contributed by atoms with Crippen molar-refractivity contribution in [2.24, 2.45) is 0 Å². The molecule has 1 saturated heterocycles. The largest absolute Gasteiger partial charge is 0.352 e. The molecule has 0 saturated carbocycles. The van der Waals surface area contributed by atoms with E-state index in [1.807, 2.05) is 0 Å². The van der Waals surface area contributed by atoms with Crippen molar-refractivity contribution in [3.8, 4) is 0 Å².